The number of nitrogens with one attached hydrogen (secondary N) is 4. The summed E-state index contributed by atoms with van der Waals surface area (Å²) < 4.78 is 73.0. The molecular formula is C51H100N16O24S2. The van der Waals surface area contributed by atoms with Crippen molar-refractivity contribution in [3.8, 4) is 0 Å². The van der Waals surface area contributed by atoms with E-state index < -0.39 is 233 Å². The Kier molecular flexibility index (Phi) is 27.9. The fourth-order valence-corrected chi connectivity index (χ4v) is 12.9. The van der Waals surface area contributed by atoms with Gasteiger partial charge in [0.15, 0.2) is 48.0 Å². The van der Waals surface area contributed by atoms with E-state index in [-0.39, 0.29) is 75.4 Å². The Balaban J connectivity index is 0.876. The van der Waals surface area contributed by atoms with Gasteiger partial charge in [-0.15, -0.1) is 0 Å². The molecular weight excluding hydrogens is 1280 g/mol. The van der Waals surface area contributed by atoms with Crippen molar-refractivity contribution in [1.29, 1.82) is 0 Å². The highest BCUT2D eigenvalue weighted by Gasteiger charge is 2.57. The quantitative estimate of drug-likeness (QED) is 0.0315. The molecule has 6 saturated heterocycles. The number of hydrogen-bond acceptors (Lipinski definition) is 38. The number of thiocarbonyl (C=S) groups is 2. The molecule has 0 spiro atoms. The van der Waals surface area contributed by atoms with E-state index in [1.54, 1.807) is 0 Å². The lowest BCUT2D eigenvalue weighted by atomic mass is 9.84. The van der Waals surface area contributed by atoms with E-state index in [9.17, 15) is 61.3 Å². The Morgan fingerprint density at radius 1 is 0.312 bits per heavy atom. The summed E-state index contributed by atoms with van der Waals surface area (Å²) in [6.45, 7) is -0.837. The number of aliphatic hydroxyl groups is 12. The molecule has 40 nitrogen and oxygen atoms in total. The van der Waals surface area contributed by atoms with E-state index in [1.807, 2.05) is 0 Å². The van der Waals surface area contributed by atoms with Gasteiger partial charge in [0.25, 0.3) is 0 Å². The SMILES string of the molecule is NCC1O[C@H](OC2C(N)C[C@@H](N)C(O)[C@H]2O[C@@H]2O[C@H](CNC(=S)NCCCNC(=S)NC[C@H]3O[C@@H](OC4C(O[C@@H]5OC(CN)C(O)[C@H](O)C5N)C(N)C[C@H](N)[C@@H]4O)C(O)C3O[C@@H]3O[C@H](CN)C(O)C(O)C3N)[C@H](O[C@H]3O[C@@H](CN)C(O)C(O)C3N)C2O)C(N)[C@@H](O)C1O. The lowest BCUT2D eigenvalue weighted by molar-refractivity contribution is -0.306. The fraction of sp³-hybridized carbons (Fsp3) is 0.961. The Labute approximate surface area is 545 Å². The van der Waals surface area contributed by atoms with Crippen LogP contribution in [0.3, 0.4) is 0 Å². The van der Waals surface area contributed by atoms with Gasteiger partial charge in [0.2, 0.25) is 0 Å². The van der Waals surface area contributed by atoms with Gasteiger partial charge in [-0.2, -0.15) is 0 Å². The van der Waals surface area contributed by atoms with Crippen molar-refractivity contribution >= 4 is 34.7 Å². The lowest BCUT2D eigenvalue weighted by Crippen LogP contribution is -2.68. The van der Waals surface area contributed by atoms with Crippen LogP contribution >= 0.6 is 24.4 Å². The van der Waals surface area contributed by atoms with E-state index in [1.165, 1.54) is 0 Å². The van der Waals surface area contributed by atoms with Crippen molar-refractivity contribution in [2.45, 2.75) is 252 Å². The average molecular weight is 1390 g/mol. The molecule has 0 aromatic carbocycles. The van der Waals surface area contributed by atoms with Gasteiger partial charge in [-0.25, -0.2) is 0 Å². The third kappa shape index (κ3) is 17.4. The first-order valence-corrected chi connectivity index (χ1v) is 31.8. The molecule has 42 heteroatoms. The zero-order valence-corrected chi connectivity index (χ0v) is 52.4. The number of rotatable bonds is 24. The summed E-state index contributed by atoms with van der Waals surface area (Å²) in [7, 11) is 0. The molecule has 93 heavy (non-hydrogen) atoms. The van der Waals surface area contributed by atoms with Crippen molar-refractivity contribution in [1.82, 2.24) is 21.3 Å². The Morgan fingerprint density at radius 3 is 0.849 bits per heavy atom. The molecule has 0 radical (unpaired) electrons. The van der Waals surface area contributed by atoms with Gasteiger partial charge >= 0.3 is 0 Å². The summed E-state index contributed by atoms with van der Waals surface area (Å²) in [5, 5.41) is 144. The molecule has 8 fully saturated rings. The van der Waals surface area contributed by atoms with Gasteiger partial charge in [0.05, 0.1) is 36.4 Å². The van der Waals surface area contributed by atoms with Crippen molar-refractivity contribution < 1.29 is 118 Å². The molecule has 0 aromatic rings. The van der Waals surface area contributed by atoms with Crippen LogP contribution in [0.5, 0.6) is 0 Å². The third-order valence-corrected chi connectivity index (χ3v) is 18.8. The summed E-state index contributed by atoms with van der Waals surface area (Å²) in [5.41, 5.74) is 73.7. The van der Waals surface area contributed by atoms with Crippen LogP contribution in [-0.4, -0.2) is 356 Å². The summed E-state index contributed by atoms with van der Waals surface area (Å²) >= 11 is 11.2. The highest BCUT2D eigenvalue weighted by molar-refractivity contribution is 7.80. The van der Waals surface area contributed by atoms with E-state index in [0.717, 1.165) is 0 Å². The van der Waals surface area contributed by atoms with Gasteiger partial charge in [-0.3, -0.25) is 0 Å². The van der Waals surface area contributed by atoms with Crippen LogP contribution in [0.15, 0.2) is 0 Å². The minimum Gasteiger partial charge on any atom is -0.389 e. The standard InChI is InChI=1S/C51H100N16O24S2/c52-6-16-28(70)32(74)22(60)44(80-16)86-38-14(58)4-12(56)26(68)42(38)90-48-36(78)40(88-46-24(62)34(76)30(72)18(8-54)82-46)20(84-48)10-66-50(92)64-2-1-3-65-51(93)67-11-21-41(89-47-25(63)35(77)31(73)19(9-55)83-47)37(79)49(85-21)91-43-27(69)13(57)5-15(59)39(43)87-45-23(61)33(75)29(71)17(7-53)81-45/h12-49,68-79H,1-11,52-63H2,(H2,64,66,92)(H2,65,67,93)/t12-,13+,14?,15?,16?,17?,18+,19-,20-,21-,22?,23?,24?,25?,26?,27+,28?,29?,30?,31?,32-,33-,34?,35?,36?,37?,38?,39?,40+,41?,42-,43?,44-,45+,46-,47+,48+,49+/m1/s1. The Morgan fingerprint density at radius 2 is 0.570 bits per heavy atom. The maximum absolute atomic E-state index is 11.9. The highest BCUT2D eigenvalue weighted by Crippen LogP contribution is 2.37. The molecule has 21 unspecified atom stereocenters. The van der Waals surface area contributed by atoms with Crippen molar-refractivity contribution in [3.05, 3.63) is 0 Å². The van der Waals surface area contributed by atoms with Crippen molar-refractivity contribution in [3.63, 3.8) is 0 Å². The summed E-state index contributed by atoms with van der Waals surface area (Å²) in [6.07, 6.45) is -42.1. The topological polar surface area (TPSA) is 714 Å². The zero-order chi connectivity index (χ0) is 68.2. The van der Waals surface area contributed by atoms with Gasteiger partial charge in [-0.05, 0) is 43.7 Å². The van der Waals surface area contributed by atoms with Gasteiger partial charge in [0, 0.05) is 76.5 Å². The largest absolute Gasteiger partial charge is 0.389 e. The average Bonchev–Trinajstić information content (AvgIpc) is 1.80. The molecule has 2 aliphatic carbocycles. The van der Waals surface area contributed by atoms with Crippen molar-refractivity contribution in [2.24, 2.45) is 68.8 Å². The van der Waals surface area contributed by atoms with Crippen LogP contribution in [0, 0.1) is 0 Å². The molecule has 0 amide bonds. The second-order valence-corrected chi connectivity index (χ2v) is 25.6. The second-order valence-electron chi connectivity index (χ2n) is 24.8. The molecule has 0 aromatic heterocycles. The monoisotopic (exact) mass is 1380 g/mol. The molecule has 6 aliphatic heterocycles. The normalized spacial score (nSPS) is 49.7. The zero-order valence-electron chi connectivity index (χ0n) is 50.7. The third-order valence-electron chi connectivity index (χ3n) is 18.2. The smallest absolute Gasteiger partial charge is 0.187 e. The first kappa shape index (κ1) is 76.7. The first-order chi connectivity index (χ1) is 44.0. The summed E-state index contributed by atoms with van der Waals surface area (Å²) in [5.74, 6) is 0. The second kappa shape index (κ2) is 33.9. The molecule has 2 saturated carbocycles. The molecule has 8 rings (SSSR count). The van der Waals surface area contributed by atoms with Crippen LogP contribution in [-0.2, 0) is 56.8 Å². The predicted octanol–water partition coefficient (Wildman–Crippen LogP) is -17.4. The molecule has 40 N–H and O–H groups in total. The van der Waals surface area contributed by atoms with Gasteiger partial charge in [-0.1, -0.05) is 0 Å². The van der Waals surface area contributed by atoms with Crippen LogP contribution in [0.4, 0.5) is 0 Å². The molecule has 0 bridgehead atoms. The molecule has 8 aliphatic rings. The van der Waals surface area contributed by atoms with Crippen LogP contribution in [0.25, 0.3) is 0 Å². The number of nitrogens with two attached hydrogens (primary N) is 12. The van der Waals surface area contributed by atoms with Crippen LogP contribution < -0.4 is 90.1 Å². The minimum atomic E-state index is -1.71. The Bertz CT molecular complexity index is 2200. The predicted molar refractivity (Wildman–Crippen MR) is 324 cm³/mol. The van der Waals surface area contributed by atoms with Gasteiger partial charge < -0.3 is 208 Å². The lowest BCUT2D eigenvalue weighted by Gasteiger charge is -2.47. The van der Waals surface area contributed by atoms with E-state index in [4.69, 9.17) is 150 Å². The maximum atomic E-state index is 11.9. The minimum absolute atomic E-state index is 0.0125. The van der Waals surface area contributed by atoms with E-state index >= 15 is 0 Å². The highest BCUT2D eigenvalue weighted by atomic mass is 32.1. The van der Waals surface area contributed by atoms with Crippen LogP contribution in [0.2, 0.25) is 0 Å². The molecule has 540 valence electrons. The van der Waals surface area contributed by atoms with Gasteiger partial charge in [0.1, 0.15) is 134 Å². The molecule has 6 heterocycles. The Hall–Kier alpha value is -2.06. The van der Waals surface area contributed by atoms with E-state index in [2.05, 4.69) is 21.3 Å². The summed E-state index contributed by atoms with van der Waals surface area (Å²) in [4.78, 5) is 0. The molecule has 38 atom stereocenters. The van der Waals surface area contributed by atoms with Crippen molar-refractivity contribution in [2.75, 3.05) is 52.4 Å². The fourth-order valence-electron chi connectivity index (χ4n) is 12.5. The first-order valence-electron chi connectivity index (χ1n) is 31.0. The maximum Gasteiger partial charge on any atom is 0.187 e. The number of ether oxygens (including phenoxy) is 12. The van der Waals surface area contributed by atoms with E-state index in [0.29, 0.717) is 6.42 Å². The number of hydrogen-bond donors (Lipinski definition) is 28. The summed E-state index contributed by atoms with van der Waals surface area (Å²) in [6, 6.07) is -9.18. The number of aliphatic hydroxyl groups excluding tert-OH is 12. The van der Waals surface area contributed by atoms with Crippen LogP contribution in [0.1, 0.15) is 19.3 Å².